The van der Waals surface area contributed by atoms with Gasteiger partial charge in [-0.2, -0.15) is 13.2 Å². The van der Waals surface area contributed by atoms with Crippen LogP contribution in [0.4, 0.5) is 22.0 Å². The maximum Gasteiger partial charge on any atom is 0.416 e. The first-order valence-corrected chi connectivity index (χ1v) is 14.0. The first kappa shape index (κ1) is 29.5. The molecule has 2 fully saturated rings. The van der Waals surface area contributed by atoms with Gasteiger partial charge >= 0.3 is 6.18 Å². The zero-order chi connectivity index (χ0) is 28.4. The van der Waals surface area contributed by atoms with Crippen molar-refractivity contribution in [2.45, 2.75) is 78.1 Å². The van der Waals surface area contributed by atoms with Crippen LogP contribution in [-0.4, -0.2) is 41.4 Å². The lowest BCUT2D eigenvalue weighted by molar-refractivity contribution is -0.146. The fourth-order valence-electron chi connectivity index (χ4n) is 6.62. The van der Waals surface area contributed by atoms with Gasteiger partial charge in [-0.1, -0.05) is 32.1 Å². The summed E-state index contributed by atoms with van der Waals surface area (Å²) in [5.41, 5.74) is -1.04. The van der Waals surface area contributed by atoms with Crippen LogP contribution in [-0.2, 0) is 23.9 Å². The Hall–Kier alpha value is -2.48. The molecule has 2 aliphatic heterocycles. The zero-order valence-electron chi connectivity index (χ0n) is 23.0. The number of alkyl halides is 3. The number of carbonyl (C=O) groups is 1. The number of rotatable bonds is 6. The van der Waals surface area contributed by atoms with Gasteiger partial charge in [0.2, 0.25) is 5.91 Å². The molecule has 0 spiro atoms. The van der Waals surface area contributed by atoms with Gasteiger partial charge < -0.3 is 9.80 Å². The highest BCUT2D eigenvalue weighted by molar-refractivity contribution is 5.84. The Morgan fingerprint density at radius 2 is 1.85 bits per heavy atom. The molecular weight excluding hydrogens is 511 g/mol. The summed E-state index contributed by atoms with van der Waals surface area (Å²) in [5, 5.41) is 0. The topological polar surface area (TPSA) is 23.6 Å². The first-order valence-electron chi connectivity index (χ1n) is 14.0. The van der Waals surface area contributed by atoms with Crippen molar-refractivity contribution in [2.75, 3.05) is 19.6 Å². The maximum atomic E-state index is 14.5. The van der Waals surface area contributed by atoms with Gasteiger partial charge in [0.05, 0.1) is 11.0 Å². The van der Waals surface area contributed by atoms with Crippen LogP contribution in [0.2, 0.25) is 0 Å². The summed E-state index contributed by atoms with van der Waals surface area (Å²) in [7, 11) is 0. The molecule has 4 rings (SSSR count). The molecule has 0 bridgehead atoms. The van der Waals surface area contributed by atoms with Crippen LogP contribution >= 0.6 is 0 Å². The number of allylic oxidation sites excluding steroid dienone is 6. The van der Waals surface area contributed by atoms with E-state index in [0.717, 1.165) is 51.3 Å². The van der Waals surface area contributed by atoms with E-state index in [1.54, 1.807) is 24.0 Å². The highest BCUT2D eigenvalue weighted by Gasteiger charge is 2.51. The number of benzene rings is 1. The molecule has 3 nitrogen and oxygen atoms in total. The molecule has 2 atom stereocenters. The van der Waals surface area contributed by atoms with Crippen LogP contribution < -0.4 is 0 Å². The minimum Gasteiger partial charge on any atom is -0.338 e. The SMILES string of the molecule is C\C=C/C(F)=C\C=C\C1CCN(C2CCC(C(=O)N3CCc4c(F)cc(C(F)(F)F)cc4C3)(C(C)C)C2)CC1. The van der Waals surface area contributed by atoms with Gasteiger partial charge in [0.15, 0.2) is 0 Å². The Bertz CT molecular complexity index is 1130. The summed E-state index contributed by atoms with van der Waals surface area (Å²) in [6, 6.07) is 1.84. The van der Waals surface area contributed by atoms with E-state index in [1.807, 2.05) is 0 Å². The average Bonchev–Trinajstić information content (AvgIpc) is 3.35. The molecule has 1 saturated heterocycles. The van der Waals surface area contributed by atoms with Crippen LogP contribution in [0, 0.1) is 23.1 Å². The van der Waals surface area contributed by atoms with Gasteiger partial charge in [0.25, 0.3) is 0 Å². The summed E-state index contributed by atoms with van der Waals surface area (Å²) >= 11 is 0. The van der Waals surface area contributed by atoms with Gasteiger partial charge in [-0.3, -0.25) is 4.79 Å². The standard InChI is InChI=1S/C31H39F5N2O/c1-4-6-25(32)8-5-7-22-10-14-37(15-11-22)26-9-13-30(19-26,21(2)3)29(39)38-16-12-27-23(20-38)17-24(18-28(27)33)31(34,35)36/h4-8,17-18,21-22,26H,9-16,19-20H2,1-3H3/b6-4-,7-5+,25-8+. The highest BCUT2D eigenvalue weighted by atomic mass is 19.4. The molecule has 214 valence electrons. The summed E-state index contributed by atoms with van der Waals surface area (Å²) in [5.74, 6) is -0.659. The Balaban J connectivity index is 1.41. The molecule has 0 N–H and O–H groups in total. The number of fused-ring (bicyclic) bond motifs is 1. The summed E-state index contributed by atoms with van der Waals surface area (Å²) < 4.78 is 67.9. The van der Waals surface area contributed by atoms with E-state index in [1.165, 1.54) is 12.2 Å². The number of amides is 1. The van der Waals surface area contributed by atoms with Crippen molar-refractivity contribution in [3.8, 4) is 0 Å². The maximum absolute atomic E-state index is 14.5. The highest BCUT2D eigenvalue weighted by Crippen LogP contribution is 2.48. The van der Waals surface area contributed by atoms with Crippen LogP contribution in [0.15, 0.2) is 48.3 Å². The molecule has 0 aromatic heterocycles. The smallest absolute Gasteiger partial charge is 0.338 e. The van der Waals surface area contributed by atoms with Crippen molar-refractivity contribution < 1.29 is 26.7 Å². The van der Waals surface area contributed by atoms with Crippen molar-refractivity contribution in [3.05, 3.63) is 70.8 Å². The average molecular weight is 551 g/mol. The van der Waals surface area contributed by atoms with Crippen LogP contribution in [0.3, 0.4) is 0 Å². The fraction of sp³-hybridized carbons (Fsp3) is 0.581. The van der Waals surface area contributed by atoms with Gasteiger partial charge in [-0.25, -0.2) is 8.78 Å². The van der Waals surface area contributed by atoms with E-state index in [0.29, 0.717) is 18.5 Å². The van der Waals surface area contributed by atoms with E-state index in [-0.39, 0.29) is 47.8 Å². The normalized spacial score (nSPS) is 25.8. The van der Waals surface area contributed by atoms with Crippen molar-refractivity contribution in [1.82, 2.24) is 9.80 Å². The molecule has 1 aromatic carbocycles. The predicted octanol–water partition coefficient (Wildman–Crippen LogP) is 7.62. The summed E-state index contributed by atoms with van der Waals surface area (Å²) in [6.07, 6.45) is 8.32. The number of piperidine rings is 1. The minimum absolute atomic E-state index is 0.00889. The minimum atomic E-state index is -4.64. The first-order chi connectivity index (χ1) is 18.4. The Labute approximate surface area is 228 Å². The number of halogens is 5. The van der Waals surface area contributed by atoms with Gasteiger partial charge in [-0.15, -0.1) is 0 Å². The molecular formula is C31H39F5N2O. The molecule has 1 saturated carbocycles. The third-order valence-corrected chi connectivity index (χ3v) is 9.01. The van der Waals surface area contributed by atoms with Gasteiger partial charge in [0.1, 0.15) is 11.6 Å². The van der Waals surface area contributed by atoms with Crippen molar-refractivity contribution >= 4 is 5.91 Å². The summed E-state index contributed by atoms with van der Waals surface area (Å²) in [4.78, 5) is 18.1. The lowest BCUT2D eigenvalue weighted by Gasteiger charge is -2.41. The second-order valence-electron chi connectivity index (χ2n) is 11.6. The van der Waals surface area contributed by atoms with Crippen molar-refractivity contribution in [1.29, 1.82) is 0 Å². The Morgan fingerprint density at radius 3 is 2.49 bits per heavy atom. The number of hydrogen-bond acceptors (Lipinski definition) is 2. The van der Waals surface area contributed by atoms with Crippen LogP contribution in [0.1, 0.15) is 69.6 Å². The zero-order valence-corrected chi connectivity index (χ0v) is 23.0. The second-order valence-corrected chi connectivity index (χ2v) is 11.6. The van der Waals surface area contributed by atoms with E-state index < -0.39 is 23.0 Å². The van der Waals surface area contributed by atoms with Crippen molar-refractivity contribution in [3.63, 3.8) is 0 Å². The lowest BCUT2D eigenvalue weighted by atomic mass is 9.73. The number of nitrogens with zero attached hydrogens (tertiary/aromatic N) is 2. The molecule has 0 radical (unpaired) electrons. The van der Waals surface area contributed by atoms with Gasteiger partial charge in [-0.05, 0) is 106 Å². The largest absolute Gasteiger partial charge is 0.416 e. The van der Waals surface area contributed by atoms with Gasteiger partial charge in [0, 0.05) is 19.1 Å². The Morgan fingerprint density at radius 1 is 1.13 bits per heavy atom. The quantitative estimate of drug-likeness (QED) is 0.269. The fourth-order valence-corrected chi connectivity index (χ4v) is 6.62. The molecule has 39 heavy (non-hydrogen) atoms. The third kappa shape index (κ3) is 6.47. The molecule has 1 aliphatic carbocycles. The monoisotopic (exact) mass is 550 g/mol. The lowest BCUT2D eigenvalue weighted by Crippen LogP contribution is -2.49. The van der Waals surface area contributed by atoms with Crippen LogP contribution in [0.5, 0.6) is 0 Å². The molecule has 2 unspecified atom stereocenters. The van der Waals surface area contributed by atoms with E-state index in [2.05, 4.69) is 24.8 Å². The second kappa shape index (κ2) is 11.9. The number of likely N-dealkylation sites (tertiary alicyclic amines) is 1. The molecule has 8 heteroatoms. The van der Waals surface area contributed by atoms with E-state index in [9.17, 15) is 26.7 Å². The predicted molar refractivity (Wildman–Crippen MR) is 143 cm³/mol. The number of carbonyl (C=O) groups excluding carboxylic acids is 1. The molecule has 1 amide bonds. The van der Waals surface area contributed by atoms with E-state index >= 15 is 0 Å². The third-order valence-electron chi connectivity index (χ3n) is 9.01. The molecule has 1 aromatic rings. The molecule has 2 heterocycles. The number of hydrogen-bond donors (Lipinski definition) is 0. The van der Waals surface area contributed by atoms with Crippen LogP contribution in [0.25, 0.3) is 0 Å². The summed E-state index contributed by atoms with van der Waals surface area (Å²) in [6.45, 7) is 8.04. The Kier molecular flexibility index (Phi) is 9.04. The molecule has 3 aliphatic rings. The van der Waals surface area contributed by atoms with E-state index in [4.69, 9.17) is 0 Å². The van der Waals surface area contributed by atoms with Crippen molar-refractivity contribution in [2.24, 2.45) is 17.3 Å².